The minimum atomic E-state index is -0.464. The molecule has 19 heavy (non-hydrogen) atoms. The van der Waals surface area contributed by atoms with Crippen LogP contribution in [0.2, 0.25) is 0 Å². The molecular formula is C17H24O2. The first-order valence-corrected chi connectivity index (χ1v) is 7.39. The standard InChI is InChI=1S/C17H24O2/c1-3-4-5-6-7-8-15(18)17-12-14-11-13(2)9-10-16(14)19-17/h9-12,15,18H,3-8H2,1-2H3. The van der Waals surface area contributed by atoms with E-state index in [4.69, 9.17) is 4.42 Å². The second-order valence-electron chi connectivity index (χ2n) is 5.41. The fourth-order valence-electron chi connectivity index (χ4n) is 2.43. The van der Waals surface area contributed by atoms with Crippen LogP contribution in [0.5, 0.6) is 0 Å². The Balaban J connectivity index is 1.91. The van der Waals surface area contributed by atoms with Gasteiger partial charge in [0.05, 0.1) is 0 Å². The highest BCUT2D eigenvalue weighted by molar-refractivity contribution is 5.78. The average Bonchev–Trinajstić information content (AvgIpc) is 2.81. The molecule has 0 fully saturated rings. The van der Waals surface area contributed by atoms with Crippen molar-refractivity contribution in [2.24, 2.45) is 0 Å². The van der Waals surface area contributed by atoms with Crippen molar-refractivity contribution in [3.63, 3.8) is 0 Å². The highest BCUT2D eigenvalue weighted by atomic mass is 16.4. The van der Waals surface area contributed by atoms with Crippen molar-refractivity contribution < 1.29 is 9.52 Å². The second kappa shape index (κ2) is 6.76. The van der Waals surface area contributed by atoms with Gasteiger partial charge in [-0.25, -0.2) is 0 Å². The summed E-state index contributed by atoms with van der Waals surface area (Å²) in [6, 6.07) is 8.07. The highest BCUT2D eigenvalue weighted by Gasteiger charge is 2.12. The van der Waals surface area contributed by atoms with Crippen LogP contribution < -0.4 is 0 Å². The van der Waals surface area contributed by atoms with Gasteiger partial charge in [0, 0.05) is 5.39 Å². The zero-order valence-electron chi connectivity index (χ0n) is 12.0. The SMILES string of the molecule is CCCCCCCC(O)c1cc2cc(C)ccc2o1. The Morgan fingerprint density at radius 2 is 1.89 bits per heavy atom. The van der Waals surface area contributed by atoms with Gasteiger partial charge >= 0.3 is 0 Å². The maximum absolute atomic E-state index is 10.2. The van der Waals surface area contributed by atoms with Crippen molar-refractivity contribution in [2.75, 3.05) is 0 Å². The van der Waals surface area contributed by atoms with E-state index in [0.717, 1.165) is 23.8 Å². The summed E-state index contributed by atoms with van der Waals surface area (Å²) < 4.78 is 5.71. The number of hydrogen-bond acceptors (Lipinski definition) is 2. The van der Waals surface area contributed by atoms with E-state index in [1.807, 2.05) is 18.2 Å². The zero-order chi connectivity index (χ0) is 13.7. The Labute approximate surface area is 115 Å². The van der Waals surface area contributed by atoms with Gasteiger partial charge in [-0.15, -0.1) is 0 Å². The molecule has 1 heterocycles. The van der Waals surface area contributed by atoms with Crippen molar-refractivity contribution in [3.8, 4) is 0 Å². The number of aryl methyl sites for hydroxylation is 1. The maximum Gasteiger partial charge on any atom is 0.134 e. The molecule has 0 amide bonds. The molecule has 2 nitrogen and oxygen atoms in total. The first-order chi connectivity index (χ1) is 9.20. The van der Waals surface area contributed by atoms with E-state index in [-0.39, 0.29) is 0 Å². The lowest BCUT2D eigenvalue weighted by Gasteiger charge is -2.06. The summed E-state index contributed by atoms with van der Waals surface area (Å²) >= 11 is 0. The van der Waals surface area contributed by atoms with Crippen molar-refractivity contribution in [1.82, 2.24) is 0 Å². The summed E-state index contributed by atoms with van der Waals surface area (Å²) in [5, 5.41) is 11.2. The van der Waals surface area contributed by atoms with E-state index in [2.05, 4.69) is 19.9 Å². The van der Waals surface area contributed by atoms with E-state index >= 15 is 0 Å². The largest absolute Gasteiger partial charge is 0.458 e. The number of unbranched alkanes of at least 4 members (excludes halogenated alkanes) is 4. The van der Waals surface area contributed by atoms with E-state index in [9.17, 15) is 5.11 Å². The quantitative estimate of drug-likeness (QED) is 0.700. The lowest BCUT2D eigenvalue weighted by atomic mass is 10.1. The average molecular weight is 260 g/mol. The Morgan fingerprint density at radius 3 is 2.68 bits per heavy atom. The molecule has 1 atom stereocenters. The number of aliphatic hydroxyl groups excluding tert-OH is 1. The molecule has 0 bridgehead atoms. The van der Waals surface area contributed by atoms with Gasteiger partial charge in [-0.2, -0.15) is 0 Å². The number of fused-ring (bicyclic) bond motifs is 1. The topological polar surface area (TPSA) is 33.4 Å². The normalized spacial score (nSPS) is 13.0. The van der Waals surface area contributed by atoms with Gasteiger partial charge < -0.3 is 9.52 Å². The molecule has 2 heteroatoms. The number of furan rings is 1. The van der Waals surface area contributed by atoms with Crippen LogP contribution in [0, 0.1) is 6.92 Å². The van der Waals surface area contributed by atoms with Crippen LogP contribution in [0.15, 0.2) is 28.7 Å². The molecule has 0 aliphatic rings. The lowest BCUT2D eigenvalue weighted by molar-refractivity contribution is 0.139. The van der Waals surface area contributed by atoms with Gasteiger partial charge in [0.1, 0.15) is 17.4 Å². The van der Waals surface area contributed by atoms with Crippen LogP contribution in [-0.4, -0.2) is 5.11 Å². The summed E-state index contributed by atoms with van der Waals surface area (Å²) in [6.45, 7) is 4.28. The predicted molar refractivity (Wildman–Crippen MR) is 79.3 cm³/mol. The van der Waals surface area contributed by atoms with Gasteiger partial charge in [-0.1, -0.05) is 50.7 Å². The molecule has 1 unspecified atom stereocenters. The lowest BCUT2D eigenvalue weighted by Crippen LogP contribution is -1.95. The molecule has 1 N–H and O–H groups in total. The third kappa shape index (κ3) is 3.84. The molecule has 1 aromatic heterocycles. The van der Waals surface area contributed by atoms with Crippen molar-refractivity contribution in [2.45, 2.75) is 58.5 Å². The molecule has 0 saturated carbocycles. The minimum Gasteiger partial charge on any atom is -0.458 e. The molecule has 104 valence electrons. The maximum atomic E-state index is 10.2. The van der Waals surface area contributed by atoms with Crippen LogP contribution in [0.25, 0.3) is 11.0 Å². The fourth-order valence-corrected chi connectivity index (χ4v) is 2.43. The molecule has 0 spiro atoms. The first-order valence-electron chi connectivity index (χ1n) is 7.39. The van der Waals surface area contributed by atoms with Gasteiger partial charge in [0.2, 0.25) is 0 Å². The molecule has 1 aromatic carbocycles. The summed E-state index contributed by atoms with van der Waals surface area (Å²) in [5.74, 6) is 0.705. The molecular weight excluding hydrogens is 236 g/mol. The third-order valence-corrected chi connectivity index (χ3v) is 3.60. The molecule has 0 aliphatic carbocycles. The minimum absolute atomic E-state index is 0.464. The Morgan fingerprint density at radius 1 is 1.11 bits per heavy atom. The predicted octanol–water partition coefficient (Wildman–Crippen LogP) is 5.14. The second-order valence-corrected chi connectivity index (χ2v) is 5.41. The Hall–Kier alpha value is -1.28. The number of hydrogen-bond donors (Lipinski definition) is 1. The fraction of sp³-hybridized carbons (Fsp3) is 0.529. The van der Waals surface area contributed by atoms with Gasteiger partial charge in [-0.3, -0.25) is 0 Å². The number of benzene rings is 1. The summed E-state index contributed by atoms with van der Waals surface area (Å²) in [5.41, 5.74) is 2.08. The van der Waals surface area contributed by atoms with Crippen LogP contribution in [0.4, 0.5) is 0 Å². The van der Waals surface area contributed by atoms with Crippen LogP contribution in [0.1, 0.15) is 62.9 Å². The summed E-state index contributed by atoms with van der Waals surface area (Å²) in [7, 11) is 0. The monoisotopic (exact) mass is 260 g/mol. The van der Waals surface area contributed by atoms with E-state index in [0.29, 0.717) is 5.76 Å². The van der Waals surface area contributed by atoms with Crippen LogP contribution in [-0.2, 0) is 0 Å². The van der Waals surface area contributed by atoms with Gasteiger partial charge in [0.25, 0.3) is 0 Å². The zero-order valence-corrected chi connectivity index (χ0v) is 12.0. The van der Waals surface area contributed by atoms with Crippen LogP contribution >= 0.6 is 0 Å². The number of aliphatic hydroxyl groups is 1. The first kappa shape index (κ1) is 14.1. The molecule has 2 rings (SSSR count). The molecule has 2 aromatic rings. The van der Waals surface area contributed by atoms with Crippen molar-refractivity contribution >= 4 is 11.0 Å². The highest BCUT2D eigenvalue weighted by Crippen LogP contribution is 2.27. The van der Waals surface area contributed by atoms with E-state index in [1.165, 1.54) is 31.2 Å². The number of rotatable bonds is 7. The van der Waals surface area contributed by atoms with E-state index in [1.54, 1.807) is 0 Å². The summed E-state index contributed by atoms with van der Waals surface area (Å²) in [4.78, 5) is 0. The summed E-state index contributed by atoms with van der Waals surface area (Å²) in [6.07, 6.45) is 6.41. The molecule has 0 aliphatic heterocycles. The van der Waals surface area contributed by atoms with Crippen molar-refractivity contribution in [3.05, 3.63) is 35.6 Å². The molecule has 0 radical (unpaired) electrons. The third-order valence-electron chi connectivity index (χ3n) is 3.60. The molecule has 0 saturated heterocycles. The van der Waals surface area contributed by atoms with E-state index < -0.39 is 6.10 Å². The van der Waals surface area contributed by atoms with Gasteiger partial charge in [-0.05, 0) is 31.5 Å². The van der Waals surface area contributed by atoms with Crippen LogP contribution in [0.3, 0.4) is 0 Å². The Kier molecular flexibility index (Phi) is 5.03. The van der Waals surface area contributed by atoms with Gasteiger partial charge in [0.15, 0.2) is 0 Å². The Bertz CT molecular complexity index is 513. The van der Waals surface area contributed by atoms with Crippen molar-refractivity contribution in [1.29, 1.82) is 0 Å². The smallest absolute Gasteiger partial charge is 0.134 e.